The number of carbonyl (C=O) groups excluding carboxylic acids is 1. The van der Waals surface area contributed by atoms with Crippen LogP contribution in [0, 0.1) is 0 Å². The number of nitrogens with zero attached hydrogens (tertiary/aromatic N) is 4. The number of nitrogens with two attached hydrogens (primary N) is 1. The molecule has 8 nitrogen and oxygen atoms in total. The highest BCUT2D eigenvalue weighted by Crippen LogP contribution is 2.25. The van der Waals surface area contributed by atoms with Gasteiger partial charge in [-0.3, -0.25) is 4.79 Å². The number of hydrogen-bond acceptors (Lipinski definition) is 6. The molecule has 0 saturated heterocycles. The van der Waals surface area contributed by atoms with Crippen LogP contribution in [-0.2, 0) is 6.54 Å². The summed E-state index contributed by atoms with van der Waals surface area (Å²) in [5.41, 5.74) is 6.34. The molecule has 0 unspecified atom stereocenters. The molecule has 3 N–H and O–H groups in total. The maximum absolute atomic E-state index is 11.1. The van der Waals surface area contributed by atoms with Crippen LogP contribution in [0.5, 0.6) is 5.75 Å². The van der Waals surface area contributed by atoms with Crippen molar-refractivity contribution < 1.29 is 14.6 Å². The highest BCUT2D eigenvalue weighted by molar-refractivity contribution is 5.93. The molecule has 0 fully saturated rings. The van der Waals surface area contributed by atoms with Crippen molar-refractivity contribution >= 4 is 16.7 Å². The minimum atomic E-state index is -0.812. The second-order valence-corrected chi connectivity index (χ2v) is 6.55. The third-order valence-electron chi connectivity index (χ3n) is 4.44. The molecule has 4 aromatic rings. The average Bonchev–Trinajstić information content (AvgIpc) is 3.20. The van der Waals surface area contributed by atoms with E-state index in [0.717, 1.165) is 10.8 Å². The molecule has 0 bridgehead atoms. The van der Waals surface area contributed by atoms with Crippen LogP contribution in [0.15, 0.2) is 66.7 Å². The van der Waals surface area contributed by atoms with E-state index in [0.29, 0.717) is 22.7 Å². The van der Waals surface area contributed by atoms with Gasteiger partial charge in [-0.15, -0.1) is 10.2 Å². The lowest BCUT2D eigenvalue weighted by molar-refractivity contribution is 0.0857. The Morgan fingerprint density at radius 1 is 1.07 bits per heavy atom. The largest absolute Gasteiger partial charge is 0.490 e. The standard InChI is InChI=1S/C21H19N5O3/c22-20(28)15-8-10-16(11-9-15)21-23-25-26(24-21)12-17(27)13-29-19-7-3-5-14-4-1-2-6-18(14)19/h1-11,17,27H,12-13H2,(H2,22,28)/t17-/m0/s1. The minimum absolute atomic E-state index is 0.0954. The van der Waals surface area contributed by atoms with Crippen molar-refractivity contribution in [2.24, 2.45) is 5.73 Å². The molecular formula is C21H19N5O3. The normalized spacial score (nSPS) is 12.0. The number of aromatic nitrogens is 4. The summed E-state index contributed by atoms with van der Waals surface area (Å²) in [6.45, 7) is 0.231. The fraction of sp³-hybridized carbons (Fsp3) is 0.143. The van der Waals surface area contributed by atoms with Crippen molar-refractivity contribution in [2.75, 3.05) is 6.61 Å². The van der Waals surface area contributed by atoms with Gasteiger partial charge in [0.15, 0.2) is 0 Å². The Morgan fingerprint density at radius 3 is 2.62 bits per heavy atom. The number of carbonyl (C=O) groups is 1. The Morgan fingerprint density at radius 2 is 1.83 bits per heavy atom. The molecule has 0 aliphatic rings. The Labute approximate surface area is 166 Å². The molecule has 0 saturated carbocycles. The van der Waals surface area contributed by atoms with Crippen molar-refractivity contribution in [1.82, 2.24) is 20.2 Å². The molecule has 0 aliphatic heterocycles. The molecule has 0 radical (unpaired) electrons. The van der Waals surface area contributed by atoms with Crippen LogP contribution in [0.4, 0.5) is 0 Å². The first kappa shape index (κ1) is 18.6. The summed E-state index contributed by atoms with van der Waals surface area (Å²) in [4.78, 5) is 12.5. The van der Waals surface area contributed by atoms with Crippen LogP contribution < -0.4 is 10.5 Å². The summed E-state index contributed by atoms with van der Waals surface area (Å²) < 4.78 is 5.80. The molecule has 1 heterocycles. The Balaban J connectivity index is 1.39. The van der Waals surface area contributed by atoms with E-state index in [1.54, 1.807) is 24.3 Å². The van der Waals surface area contributed by atoms with E-state index in [2.05, 4.69) is 15.4 Å². The third-order valence-corrected chi connectivity index (χ3v) is 4.44. The number of benzene rings is 3. The SMILES string of the molecule is NC(=O)c1ccc(-c2nnn(C[C@H](O)COc3cccc4ccccc34)n2)cc1. The van der Waals surface area contributed by atoms with Crippen molar-refractivity contribution in [3.8, 4) is 17.1 Å². The number of tetrazole rings is 1. The van der Waals surface area contributed by atoms with E-state index < -0.39 is 12.0 Å². The van der Waals surface area contributed by atoms with Crippen molar-refractivity contribution in [3.05, 3.63) is 72.3 Å². The first-order chi connectivity index (χ1) is 14.1. The monoisotopic (exact) mass is 389 g/mol. The summed E-state index contributed by atoms with van der Waals surface area (Å²) in [6.07, 6.45) is -0.812. The van der Waals surface area contributed by atoms with Crippen LogP contribution in [-0.4, -0.2) is 43.9 Å². The number of primary amides is 1. The molecule has 8 heteroatoms. The number of ether oxygens (including phenoxy) is 1. The predicted molar refractivity (Wildman–Crippen MR) is 107 cm³/mol. The maximum Gasteiger partial charge on any atom is 0.248 e. The van der Waals surface area contributed by atoms with Gasteiger partial charge in [0.05, 0.1) is 6.54 Å². The number of rotatable bonds is 7. The predicted octanol–water partition coefficient (Wildman–Crippen LogP) is 2.03. The van der Waals surface area contributed by atoms with Crippen molar-refractivity contribution in [1.29, 1.82) is 0 Å². The fourth-order valence-corrected chi connectivity index (χ4v) is 2.97. The van der Waals surface area contributed by atoms with Gasteiger partial charge in [0.25, 0.3) is 0 Å². The molecule has 29 heavy (non-hydrogen) atoms. The van der Waals surface area contributed by atoms with Crippen LogP contribution in [0.25, 0.3) is 22.2 Å². The topological polar surface area (TPSA) is 116 Å². The molecule has 3 aromatic carbocycles. The van der Waals surface area contributed by atoms with E-state index in [-0.39, 0.29) is 13.2 Å². The molecular weight excluding hydrogens is 370 g/mol. The van der Waals surface area contributed by atoms with Gasteiger partial charge >= 0.3 is 0 Å². The molecule has 1 aromatic heterocycles. The zero-order valence-corrected chi connectivity index (χ0v) is 15.5. The molecule has 146 valence electrons. The first-order valence-electron chi connectivity index (χ1n) is 9.07. The minimum Gasteiger partial charge on any atom is -0.490 e. The first-order valence-corrected chi connectivity index (χ1v) is 9.07. The lowest BCUT2D eigenvalue weighted by Crippen LogP contribution is -2.25. The van der Waals surface area contributed by atoms with Gasteiger partial charge in [-0.2, -0.15) is 4.80 Å². The number of aliphatic hydroxyl groups is 1. The zero-order chi connectivity index (χ0) is 20.2. The second-order valence-electron chi connectivity index (χ2n) is 6.55. The van der Waals surface area contributed by atoms with E-state index in [9.17, 15) is 9.90 Å². The van der Waals surface area contributed by atoms with Crippen LogP contribution >= 0.6 is 0 Å². The summed E-state index contributed by atoms with van der Waals surface area (Å²) >= 11 is 0. The van der Waals surface area contributed by atoms with Crippen molar-refractivity contribution in [2.45, 2.75) is 12.6 Å². The van der Waals surface area contributed by atoms with Gasteiger partial charge in [0.1, 0.15) is 18.5 Å². The van der Waals surface area contributed by atoms with E-state index >= 15 is 0 Å². The van der Waals surface area contributed by atoms with E-state index in [4.69, 9.17) is 10.5 Å². The third kappa shape index (κ3) is 4.22. The van der Waals surface area contributed by atoms with Crippen LogP contribution in [0.3, 0.4) is 0 Å². The molecule has 0 aliphatic carbocycles. The number of fused-ring (bicyclic) bond motifs is 1. The summed E-state index contributed by atoms with van der Waals surface area (Å²) in [5.74, 6) is 0.606. The van der Waals surface area contributed by atoms with E-state index in [1.807, 2.05) is 42.5 Å². The van der Waals surface area contributed by atoms with Crippen LogP contribution in [0.1, 0.15) is 10.4 Å². The zero-order valence-electron chi connectivity index (χ0n) is 15.5. The highest BCUT2D eigenvalue weighted by atomic mass is 16.5. The fourth-order valence-electron chi connectivity index (χ4n) is 2.97. The van der Waals surface area contributed by atoms with Crippen LogP contribution in [0.2, 0.25) is 0 Å². The Hall–Kier alpha value is -3.78. The summed E-state index contributed by atoms with van der Waals surface area (Å²) in [7, 11) is 0. The van der Waals surface area contributed by atoms with Crippen molar-refractivity contribution in [3.63, 3.8) is 0 Å². The molecule has 1 atom stereocenters. The van der Waals surface area contributed by atoms with Gasteiger partial charge in [0.2, 0.25) is 11.7 Å². The lowest BCUT2D eigenvalue weighted by atomic mass is 10.1. The highest BCUT2D eigenvalue weighted by Gasteiger charge is 2.12. The van der Waals surface area contributed by atoms with Gasteiger partial charge in [0, 0.05) is 16.5 Å². The van der Waals surface area contributed by atoms with Gasteiger partial charge in [-0.1, -0.05) is 48.5 Å². The van der Waals surface area contributed by atoms with E-state index in [1.165, 1.54) is 4.80 Å². The lowest BCUT2D eigenvalue weighted by Gasteiger charge is -2.13. The summed E-state index contributed by atoms with van der Waals surface area (Å²) in [5, 5.41) is 24.6. The maximum atomic E-state index is 11.1. The molecule has 1 amide bonds. The smallest absolute Gasteiger partial charge is 0.248 e. The quantitative estimate of drug-likeness (QED) is 0.500. The van der Waals surface area contributed by atoms with Gasteiger partial charge < -0.3 is 15.6 Å². The molecule has 0 spiro atoms. The Kier molecular flexibility index (Phi) is 5.17. The van der Waals surface area contributed by atoms with Gasteiger partial charge in [-0.25, -0.2) is 0 Å². The number of amides is 1. The Bertz CT molecular complexity index is 1140. The average molecular weight is 389 g/mol. The molecule has 4 rings (SSSR count). The second kappa shape index (κ2) is 8.07. The summed E-state index contributed by atoms with van der Waals surface area (Å²) in [6, 6.07) is 20.3. The van der Waals surface area contributed by atoms with Gasteiger partial charge in [-0.05, 0) is 28.8 Å². The number of hydrogen-bond donors (Lipinski definition) is 2. The number of aliphatic hydroxyl groups excluding tert-OH is 1.